The largest absolute Gasteiger partial charge is 0.484 e. The van der Waals surface area contributed by atoms with Crippen LogP contribution in [0.15, 0.2) is 72.8 Å². The van der Waals surface area contributed by atoms with E-state index >= 15 is 0 Å². The van der Waals surface area contributed by atoms with E-state index in [0.717, 1.165) is 28.7 Å². The number of rotatable bonds is 11. The number of benzene rings is 3. The van der Waals surface area contributed by atoms with Crippen molar-refractivity contribution in [1.82, 2.24) is 10.2 Å². The summed E-state index contributed by atoms with van der Waals surface area (Å²) in [6.45, 7) is 8.01. The lowest BCUT2D eigenvalue weighted by molar-refractivity contribution is -0.143. The zero-order valence-electron chi connectivity index (χ0n) is 21.5. The van der Waals surface area contributed by atoms with Gasteiger partial charge in [-0.15, -0.1) is 0 Å². The molecule has 0 spiro atoms. The molecular weight excluding hydrogens is 472 g/mol. The minimum absolute atomic E-state index is 0.000364. The topological polar surface area (TPSA) is 58.6 Å². The molecule has 2 atom stereocenters. The van der Waals surface area contributed by atoms with Crippen LogP contribution in [0.3, 0.4) is 0 Å². The maximum absolute atomic E-state index is 13.6. The first-order valence-corrected chi connectivity index (χ1v) is 12.7. The fourth-order valence-corrected chi connectivity index (χ4v) is 3.94. The van der Waals surface area contributed by atoms with E-state index < -0.39 is 6.04 Å². The van der Waals surface area contributed by atoms with Crippen LogP contribution < -0.4 is 10.1 Å². The van der Waals surface area contributed by atoms with Crippen LogP contribution in [0.2, 0.25) is 5.02 Å². The smallest absolute Gasteiger partial charge is 0.261 e. The van der Waals surface area contributed by atoms with Crippen LogP contribution in [-0.2, 0) is 22.6 Å². The van der Waals surface area contributed by atoms with Crippen molar-refractivity contribution in [3.63, 3.8) is 0 Å². The first-order chi connectivity index (χ1) is 17.3. The Bertz CT molecular complexity index is 1150. The number of nitrogens with one attached hydrogen (secondary N) is 1. The minimum atomic E-state index is -0.689. The summed E-state index contributed by atoms with van der Waals surface area (Å²) in [7, 11) is 0. The van der Waals surface area contributed by atoms with Crippen LogP contribution in [-0.4, -0.2) is 35.4 Å². The maximum Gasteiger partial charge on any atom is 0.261 e. The second-order valence-corrected chi connectivity index (χ2v) is 9.64. The number of carbonyl (C=O) groups is 2. The molecule has 190 valence electrons. The third-order valence-electron chi connectivity index (χ3n) is 6.24. The van der Waals surface area contributed by atoms with Crippen molar-refractivity contribution in [2.24, 2.45) is 0 Å². The van der Waals surface area contributed by atoms with E-state index in [4.69, 9.17) is 16.3 Å². The van der Waals surface area contributed by atoms with Crippen molar-refractivity contribution < 1.29 is 14.3 Å². The highest BCUT2D eigenvalue weighted by Crippen LogP contribution is 2.22. The van der Waals surface area contributed by atoms with E-state index in [2.05, 4.69) is 5.32 Å². The number of ether oxygens (including phenoxy) is 1. The monoisotopic (exact) mass is 506 g/mol. The van der Waals surface area contributed by atoms with Gasteiger partial charge in [-0.2, -0.15) is 0 Å². The van der Waals surface area contributed by atoms with Crippen molar-refractivity contribution in [1.29, 1.82) is 0 Å². The molecule has 0 heterocycles. The summed E-state index contributed by atoms with van der Waals surface area (Å²) in [6, 6.07) is 22.4. The number of hydrogen-bond acceptors (Lipinski definition) is 3. The Hall–Kier alpha value is -3.31. The highest BCUT2D eigenvalue weighted by Gasteiger charge is 2.31. The summed E-state index contributed by atoms with van der Waals surface area (Å²) in [5.74, 6) is 0.128. The molecule has 0 saturated heterocycles. The van der Waals surface area contributed by atoms with Crippen molar-refractivity contribution in [3.05, 3.63) is 100 Å². The van der Waals surface area contributed by atoms with Gasteiger partial charge in [0.1, 0.15) is 11.8 Å². The van der Waals surface area contributed by atoms with Gasteiger partial charge in [-0.3, -0.25) is 9.59 Å². The van der Waals surface area contributed by atoms with Crippen molar-refractivity contribution in [2.45, 2.75) is 59.2 Å². The SMILES string of the molecule is CC[C@H](C)NC(=O)[C@@H](Cc1ccccc1)N(Cc1ccc(C)cc1)C(=O)COc1ccc(Cl)c(C)c1. The molecule has 0 aromatic heterocycles. The zero-order valence-corrected chi connectivity index (χ0v) is 22.2. The molecule has 0 aliphatic carbocycles. The first kappa shape index (κ1) is 27.3. The van der Waals surface area contributed by atoms with Gasteiger partial charge >= 0.3 is 0 Å². The molecule has 0 aliphatic heterocycles. The molecule has 2 amide bonds. The summed E-state index contributed by atoms with van der Waals surface area (Å²) < 4.78 is 5.84. The Balaban J connectivity index is 1.90. The number of nitrogens with zero attached hydrogens (tertiary/aromatic N) is 1. The van der Waals surface area contributed by atoms with Gasteiger partial charge in [-0.05, 0) is 62.1 Å². The molecule has 0 radical (unpaired) electrons. The number of carbonyl (C=O) groups excluding carboxylic acids is 2. The fraction of sp³-hybridized carbons (Fsp3) is 0.333. The van der Waals surface area contributed by atoms with Gasteiger partial charge in [0.25, 0.3) is 5.91 Å². The molecule has 1 N–H and O–H groups in total. The van der Waals surface area contributed by atoms with Crippen LogP contribution in [0, 0.1) is 13.8 Å². The van der Waals surface area contributed by atoms with Gasteiger partial charge in [0.2, 0.25) is 5.91 Å². The van der Waals surface area contributed by atoms with Crippen LogP contribution in [0.25, 0.3) is 0 Å². The second-order valence-electron chi connectivity index (χ2n) is 9.23. The standard InChI is InChI=1S/C30H35ClN2O3/c1-5-23(4)32-30(35)28(18-24-9-7-6-8-10-24)33(19-25-13-11-21(2)12-14-25)29(34)20-36-26-15-16-27(31)22(3)17-26/h6-17,23,28H,5,18-20H2,1-4H3,(H,32,35)/t23-,28+/m0/s1. The predicted molar refractivity (Wildman–Crippen MR) is 145 cm³/mol. The molecule has 0 bridgehead atoms. The Kier molecular flexibility index (Phi) is 9.95. The molecule has 36 heavy (non-hydrogen) atoms. The lowest BCUT2D eigenvalue weighted by Gasteiger charge is -2.32. The fourth-order valence-electron chi connectivity index (χ4n) is 3.82. The van der Waals surface area contributed by atoms with E-state index in [1.807, 2.05) is 82.3 Å². The van der Waals surface area contributed by atoms with Crippen molar-refractivity contribution >= 4 is 23.4 Å². The Morgan fingerprint density at radius 2 is 1.67 bits per heavy atom. The lowest BCUT2D eigenvalue weighted by atomic mass is 10.0. The Labute approximate surface area is 219 Å². The third kappa shape index (κ3) is 7.85. The summed E-state index contributed by atoms with van der Waals surface area (Å²) in [4.78, 5) is 28.8. The summed E-state index contributed by atoms with van der Waals surface area (Å²) >= 11 is 6.13. The van der Waals surface area contributed by atoms with Gasteiger partial charge < -0.3 is 15.0 Å². The van der Waals surface area contributed by atoms with Gasteiger partial charge in [0, 0.05) is 24.0 Å². The zero-order chi connectivity index (χ0) is 26.1. The van der Waals surface area contributed by atoms with Crippen molar-refractivity contribution in [3.8, 4) is 5.75 Å². The van der Waals surface area contributed by atoms with Crippen LogP contribution in [0.1, 0.15) is 42.5 Å². The van der Waals surface area contributed by atoms with Crippen LogP contribution in [0.4, 0.5) is 0 Å². The number of aryl methyl sites for hydroxylation is 2. The quantitative estimate of drug-likeness (QED) is 0.352. The molecule has 3 aromatic carbocycles. The van der Waals surface area contributed by atoms with E-state index in [9.17, 15) is 9.59 Å². The second kappa shape index (κ2) is 13.1. The third-order valence-corrected chi connectivity index (χ3v) is 6.66. The molecule has 3 rings (SSSR count). The van der Waals surface area contributed by atoms with Gasteiger partial charge in [-0.1, -0.05) is 78.7 Å². The maximum atomic E-state index is 13.6. The highest BCUT2D eigenvalue weighted by atomic mass is 35.5. The molecule has 0 saturated carbocycles. The van der Waals surface area contributed by atoms with Gasteiger partial charge in [0.05, 0.1) is 0 Å². The molecule has 3 aromatic rings. The van der Waals surface area contributed by atoms with E-state index in [0.29, 0.717) is 23.7 Å². The minimum Gasteiger partial charge on any atom is -0.484 e. The van der Waals surface area contributed by atoms with E-state index in [1.165, 1.54) is 0 Å². The lowest BCUT2D eigenvalue weighted by Crippen LogP contribution is -2.53. The Morgan fingerprint density at radius 1 is 0.972 bits per heavy atom. The average Bonchev–Trinajstić information content (AvgIpc) is 2.88. The first-order valence-electron chi connectivity index (χ1n) is 12.3. The van der Waals surface area contributed by atoms with Crippen LogP contribution in [0.5, 0.6) is 5.75 Å². The van der Waals surface area contributed by atoms with E-state index in [-0.39, 0.29) is 24.5 Å². The highest BCUT2D eigenvalue weighted by molar-refractivity contribution is 6.31. The molecule has 5 nitrogen and oxygen atoms in total. The summed E-state index contributed by atoms with van der Waals surface area (Å²) in [6.07, 6.45) is 1.20. The number of halogens is 1. The summed E-state index contributed by atoms with van der Waals surface area (Å²) in [5, 5.41) is 3.72. The molecule has 0 unspecified atom stereocenters. The summed E-state index contributed by atoms with van der Waals surface area (Å²) in [5.41, 5.74) is 3.94. The predicted octanol–water partition coefficient (Wildman–Crippen LogP) is 5.89. The van der Waals surface area contributed by atoms with Gasteiger partial charge in [0.15, 0.2) is 6.61 Å². The Morgan fingerprint density at radius 3 is 2.31 bits per heavy atom. The number of hydrogen-bond donors (Lipinski definition) is 1. The van der Waals surface area contributed by atoms with Crippen molar-refractivity contribution in [2.75, 3.05) is 6.61 Å². The molecule has 6 heteroatoms. The normalized spacial score (nSPS) is 12.5. The van der Waals surface area contributed by atoms with Gasteiger partial charge in [-0.25, -0.2) is 0 Å². The molecular formula is C30H35ClN2O3. The molecule has 0 fully saturated rings. The number of amides is 2. The van der Waals surface area contributed by atoms with E-state index in [1.54, 1.807) is 23.1 Å². The van der Waals surface area contributed by atoms with Crippen LogP contribution >= 0.6 is 11.6 Å². The molecule has 0 aliphatic rings. The average molecular weight is 507 g/mol.